The highest BCUT2D eigenvalue weighted by molar-refractivity contribution is 9.10. The fourth-order valence-electron chi connectivity index (χ4n) is 2.26. The van der Waals surface area contributed by atoms with Gasteiger partial charge in [0.15, 0.2) is 5.13 Å². The van der Waals surface area contributed by atoms with Gasteiger partial charge in [0.05, 0.1) is 28.0 Å². The molecule has 0 spiro atoms. The van der Waals surface area contributed by atoms with E-state index in [9.17, 15) is 0 Å². The monoisotopic (exact) mass is 362 g/mol. The molecule has 2 N–H and O–H groups in total. The second-order valence-electron chi connectivity index (χ2n) is 4.86. The van der Waals surface area contributed by atoms with Crippen molar-refractivity contribution in [2.75, 3.05) is 5.32 Å². The molecule has 0 radical (unpaired) electrons. The largest absolute Gasteiger partial charge is 0.300 e. The maximum Gasteiger partial charge on any atom is 0.224 e. The fourth-order valence-corrected chi connectivity index (χ4v) is 3.86. The Morgan fingerprint density at radius 2 is 2.38 bits per heavy atom. The van der Waals surface area contributed by atoms with Gasteiger partial charge in [-0.1, -0.05) is 11.3 Å². The number of thiazole rings is 1. The number of nitrogens with zero attached hydrogens (tertiary/aromatic N) is 4. The van der Waals surface area contributed by atoms with Crippen LogP contribution in [0, 0.1) is 0 Å². The van der Waals surface area contributed by atoms with Crippen molar-refractivity contribution < 1.29 is 0 Å². The molecule has 1 unspecified atom stereocenters. The number of guanidine groups is 1. The van der Waals surface area contributed by atoms with Gasteiger partial charge in [0.1, 0.15) is 0 Å². The zero-order valence-corrected chi connectivity index (χ0v) is 13.5. The summed E-state index contributed by atoms with van der Waals surface area (Å²) in [5.41, 5.74) is 1.89. The highest BCUT2D eigenvalue weighted by atomic mass is 79.9. The fraction of sp³-hybridized carbons (Fsp3) is 0.231. The molecule has 1 aliphatic heterocycles. The van der Waals surface area contributed by atoms with E-state index in [1.165, 1.54) is 0 Å². The summed E-state index contributed by atoms with van der Waals surface area (Å²) in [5.74, 6) is 0.621. The molecule has 8 heteroatoms. The zero-order chi connectivity index (χ0) is 14.4. The normalized spacial score (nSPS) is 18.4. The standard InChI is InChI=1S/C13H11BrN6S/c1-6-2-3-15-12(17-6)19-13-18-11-7-5-16-20-10(7)8(14)4-9(11)21-13/h3-6H,2H2,1H3,(H,16,20)(H,17,18,19). The molecule has 2 aromatic heterocycles. The summed E-state index contributed by atoms with van der Waals surface area (Å²) in [6, 6.07) is 2.31. The van der Waals surface area contributed by atoms with Crippen LogP contribution in [0.25, 0.3) is 21.1 Å². The van der Waals surface area contributed by atoms with E-state index in [4.69, 9.17) is 0 Å². The van der Waals surface area contributed by atoms with Gasteiger partial charge < -0.3 is 5.32 Å². The number of aliphatic imine (C=N–C) groups is 2. The Labute approximate surface area is 132 Å². The third-order valence-corrected chi connectivity index (χ3v) is 4.81. The maximum atomic E-state index is 4.65. The molecule has 0 fully saturated rings. The summed E-state index contributed by atoms with van der Waals surface area (Å²) < 4.78 is 2.08. The molecule has 0 aliphatic carbocycles. The first-order valence-corrected chi connectivity index (χ1v) is 8.11. The zero-order valence-electron chi connectivity index (χ0n) is 11.1. The second-order valence-corrected chi connectivity index (χ2v) is 6.74. The molecule has 4 rings (SSSR count). The minimum absolute atomic E-state index is 0.258. The Kier molecular flexibility index (Phi) is 3.00. The van der Waals surface area contributed by atoms with Crippen molar-refractivity contribution >= 4 is 65.7 Å². The van der Waals surface area contributed by atoms with Crippen LogP contribution in [0.1, 0.15) is 13.3 Å². The van der Waals surface area contributed by atoms with Crippen LogP contribution in [0.5, 0.6) is 0 Å². The summed E-state index contributed by atoms with van der Waals surface area (Å²) in [6.07, 6.45) is 4.57. The molecule has 3 aromatic rings. The molecule has 1 aliphatic rings. The Morgan fingerprint density at radius 3 is 3.24 bits per heavy atom. The van der Waals surface area contributed by atoms with Crippen molar-refractivity contribution in [2.45, 2.75) is 19.4 Å². The van der Waals surface area contributed by atoms with E-state index in [0.29, 0.717) is 5.96 Å². The Hall–Kier alpha value is -1.80. The van der Waals surface area contributed by atoms with Crippen LogP contribution in [0.15, 0.2) is 26.7 Å². The summed E-state index contributed by atoms with van der Waals surface area (Å²) in [7, 11) is 0. The van der Waals surface area contributed by atoms with Crippen molar-refractivity contribution in [1.29, 1.82) is 0 Å². The first-order valence-electron chi connectivity index (χ1n) is 6.50. The van der Waals surface area contributed by atoms with Gasteiger partial charge in [-0.25, -0.2) is 15.0 Å². The minimum atomic E-state index is 0.258. The quantitative estimate of drug-likeness (QED) is 0.694. The molecule has 0 bridgehead atoms. The SMILES string of the molecule is CC1CC=NC(Nc2nc3c(cc(Br)c4[nH]ncc43)s2)=N1. The number of aromatic amines is 1. The number of rotatable bonds is 1. The van der Waals surface area contributed by atoms with Crippen LogP contribution in [-0.2, 0) is 0 Å². The van der Waals surface area contributed by atoms with Crippen LogP contribution >= 0.6 is 27.3 Å². The Morgan fingerprint density at radius 1 is 1.48 bits per heavy atom. The molecular weight excluding hydrogens is 352 g/mol. The Bertz CT molecular complexity index is 893. The number of halogens is 1. The molecule has 6 nitrogen and oxygen atoms in total. The predicted octanol–water partition coefficient (Wildman–Crippen LogP) is 3.57. The number of H-pyrrole nitrogens is 1. The molecule has 1 atom stereocenters. The number of hydrogen-bond acceptors (Lipinski definition) is 6. The van der Waals surface area contributed by atoms with E-state index in [1.54, 1.807) is 17.5 Å². The summed E-state index contributed by atoms with van der Waals surface area (Å²) in [5, 5.41) is 12.0. The van der Waals surface area contributed by atoms with E-state index >= 15 is 0 Å². The second kappa shape index (κ2) is 4.88. The van der Waals surface area contributed by atoms with Gasteiger partial charge in [-0.2, -0.15) is 5.10 Å². The lowest BCUT2D eigenvalue weighted by molar-refractivity contribution is 0.777. The van der Waals surface area contributed by atoms with Crippen LogP contribution in [0.3, 0.4) is 0 Å². The topological polar surface area (TPSA) is 78.3 Å². The third kappa shape index (κ3) is 2.24. The number of fused-ring (bicyclic) bond motifs is 3. The minimum Gasteiger partial charge on any atom is -0.300 e. The molecule has 0 saturated carbocycles. The lowest BCUT2D eigenvalue weighted by atomic mass is 10.2. The van der Waals surface area contributed by atoms with Gasteiger partial charge in [0, 0.05) is 22.5 Å². The lowest BCUT2D eigenvalue weighted by Crippen LogP contribution is -2.17. The van der Waals surface area contributed by atoms with Gasteiger partial charge in [0.2, 0.25) is 5.96 Å². The molecule has 21 heavy (non-hydrogen) atoms. The van der Waals surface area contributed by atoms with E-state index < -0.39 is 0 Å². The summed E-state index contributed by atoms with van der Waals surface area (Å²) in [4.78, 5) is 13.4. The molecular formula is C13H11BrN6S. The average molecular weight is 363 g/mol. The highest BCUT2D eigenvalue weighted by Crippen LogP contribution is 2.35. The van der Waals surface area contributed by atoms with E-state index in [0.717, 1.165) is 37.1 Å². The number of benzene rings is 1. The van der Waals surface area contributed by atoms with Gasteiger partial charge in [-0.05, 0) is 28.9 Å². The Balaban J connectivity index is 1.79. The van der Waals surface area contributed by atoms with Gasteiger partial charge in [0.25, 0.3) is 0 Å². The van der Waals surface area contributed by atoms with Crippen molar-refractivity contribution in [1.82, 2.24) is 15.2 Å². The first-order chi connectivity index (χ1) is 10.2. The van der Waals surface area contributed by atoms with Gasteiger partial charge in [-0.15, -0.1) is 0 Å². The average Bonchev–Trinajstić information content (AvgIpc) is 3.05. The molecule has 106 valence electrons. The lowest BCUT2D eigenvalue weighted by Gasteiger charge is -2.10. The smallest absolute Gasteiger partial charge is 0.224 e. The van der Waals surface area contributed by atoms with Crippen LogP contribution in [0.2, 0.25) is 0 Å². The molecule has 1 aromatic carbocycles. The summed E-state index contributed by atoms with van der Waals surface area (Å²) >= 11 is 5.13. The summed E-state index contributed by atoms with van der Waals surface area (Å²) in [6.45, 7) is 2.07. The van der Waals surface area contributed by atoms with Crippen LogP contribution in [0.4, 0.5) is 5.13 Å². The number of hydrogen-bond donors (Lipinski definition) is 2. The molecule has 0 saturated heterocycles. The van der Waals surface area contributed by atoms with Crippen molar-refractivity contribution in [3.63, 3.8) is 0 Å². The van der Waals surface area contributed by atoms with E-state index in [2.05, 4.69) is 53.3 Å². The number of anilines is 1. The third-order valence-electron chi connectivity index (χ3n) is 3.27. The number of aromatic nitrogens is 3. The molecule has 0 amide bonds. The first kappa shape index (κ1) is 12.9. The van der Waals surface area contributed by atoms with Gasteiger partial charge >= 0.3 is 0 Å². The number of nitrogens with one attached hydrogen (secondary N) is 2. The van der Waals surface area contributed by atoms with Crippen molar-refractivity contribution in [3.8, 4) is 0 Å². The van der Waals surface area contributed by atoms with Gasteiger partial charge in [-0.3, -0.25) is 5.10 Å². The van der Waals surface area contributed by atoms with E-state index in [1.807, 2.05) is 12.3 Å². The maximum absolute atomic E-state index is 4.65. The van der Waals surface area contributed by atoms with Crippen molar-refractivity contribution in [3.05, 3.63) is 16.7 Å². The van der Waals surface area contributed by atoms with E-state index in [-0.39, 0.29) is 6.04 Å². The van der Waals surface area contributed by atoms with Crippen LogP contribution < -0.4 is 5.32 Å². The van der Waals surface area contributed by atoms with Crippen molar-refractivity contribution in [2.24, 2.45) is 9.98 Å². The molecule has 3 heterocycles. The van der Waals surface area contributed by atoms with Crippen LogP contribution in [-0.4, -0.2) is 33.4 Å². The predicted molar refractivity (Wildman–Crippen MR) is 90.6 cm³/mol. The highest BCUT2D eigenvalue weighted by Gasteiger charge is 2.14.